The molecule has 1 aromatic carbocycles. The number of hydrogen-bond acceptors (Lipinski definition) is 5. The Bertz CT molecular complexity index is 877. The van der Waals surface area contributed by atoms with Crippen molar-refractivity contribution in [1.29, 1.82) is 0 Å². The fourth-order valence-electron chi connectivity index (χ4n) is 4.96. The van der Waals surface area contributed by atoms with Crippen molar-refractivity contribution < 1.29 is 23.9 Å². The fraction of sp³-hybridized carbons (Fsp3) is 0.500. The molecule has 29 heavy (non-hydrogen) atoms. The molecule has 5 atom stereocenters. The lowest BCUT2D eigenvalue weighted by atomic mass is 9.81. The van der Waals surface area contributed by atoms with Crippen LogP contribution in [-0.4, -0.2) is 41.2 Å². The first kappa shape index (κ1) is 20.2. The number of nitrogens with zero attached hydrogens (tertiary/aromatic N) is 1. The summed E-state index contributed by atoms with van der Waals surface area (Å²) in [6, 6.07) is 3.69. The molecular formula is C20H20Cl2N2O5. The van der Waals surface area contributed by atoms with Crippen LogP contribution < -0.4 is 5.32 Å². The first-order valence-electron chi connectivity index (χ1n) is 9.57. The van der Waals surface area contributed by atoms with Crippen LogP contribution in [-0.2, 0) is 23.9 Å². The second kappa shape index (κ2) is 7.61. The number of imide groups is 1. The highest BCUT2D eigenvalue weighted by molar-refractivity contribution is 6.44. The summed E-state index contributed by atoms with van der Waals surface area (Å²) in [7, 11) is 0. The molecule has 2 bridgehead atoms. The molecule has 0 spiro atoms. The van der Waals surface area contributed by atoms with Crippen LogP contribution in [0, 0.1) is 23.7 Å². The van der Waals surface area contributed by atoms with Gasteiger partial charge in [-0.05, 0) is 50.2 Å². The van der Waals surface area contributed by atoms with Crippen LogP contribution in [0.1, 0.15) is 26.2 Å². The van der Waals surface area contributed by atoms with Gasteiger partial charge in [-0.2, -0.15) is 0 Å². The fourth-order valence-corrected chi connectivity index (χ4v) is 5.31. The Hall–Kier alpha value is -2.12. The number of esters is 1. The average Bonchev–Trinajstić information content (AvgIpc) is 3.37. The molecule has 3 fully saturated rings. The van der Waals surface area contributed by atoms with Crippen molar-refractivity contribution in [2.45, 2.75) is 32.2 Å². The van der Waals surface area contributed by atoms with Gasteiger partial charge in [0, 0.05) is 0 Å². The zero-order valence-electron chi connectivity index (χ0n) is 15.7. The molecule has 2 saturated carbocycles. The monoisotopic (exact) mass is 438 g/mol. The number of hydrogen-bond donors (Lipinski definition) is 1. The molecule has 7 nitrogen and oxygen atoms in total. The van der Waals surface area contributed by atoms with Crippen LogP contribution in [0.15, 0.2) is 18.2 Å². The Morgan fingerprint density at radius 3 is 2.41 bits per heavy atom. The van der Waals surface area contributed by atoms with Crippen molar-refractivity contribution >= 4 is 52.6 Å². The molecule has 0 unspecified atom stereocenters. The van der Waals surface area contributed by atoms with Crippen molar-refractivity contribution in [1.82, 2.24) is 4.90 Å². The third kappa shape index (κ3) is 3.40. The molecule has 3 amide bonds. The first-order valence-corrected chi connectivity index (χ1v) is 10.3. The van der Waals surface area contributed by atoms with Crippen molar-refractivity contribution in [2.24, 2.45) is 23.7 Å². The summed E-state index contributed by atoms with van der Waals surface area (Å²) in [5.74, 6) is -2.10. The summed E-state index contributed by atoms with van der Waals surface area (Å²) < 4.78 is 5.04. The second-order valence-electron chi connectivity index (χ2n) is 7.86. The number of carbonyl (C=O) groups is 4. The maximum atomic E-state index is 12.8. The van der Waals surface area contributed by atoms with E-state index >= 15 is 0 Å². The van der Waals surface area contributed by atoms with E-state index in [2.05, 4.69) is 5.32 Å². The number of anilines is 1. The number of halogens is 2. The third-order valence-electron chi connectivity index (χ3n) is 6.26. The van der Waals surface area contributed by atoms with E-state index in [1.807, 2.05) is 0 Å². The molecule has 1 aromatic rings. The highest BCUT2D eigenvalue weighted by Crippen LogP contribution is 2.56. The van der Waals surface area contributed by atoms with Gasteiger partial charge in [-0.25, -0.2) is 4.79 Å². The number of rotatable bonds is 5. The van der Waals surface area contributed by atoms with Crippen LogP contribution in [0.4, 0.5) is 5.69 Å². The summed E-state index contributed by atoms with van der Waals surface area (Å²) in [4.78, 5) is 51.1. The maximum absolute atomic E-state index is 12.8. The number of likely N-dealkylation sites (tertiary alicyclic amines) is 1. The Morgan fingerprint density at radius 1 is 1.17 bits per heavy atom. The van der Waals surface area contributed by atoms with Crippen LogP contribution in [0.25, 0.3) is 0 Å². The van der Waals surface area contributed by atoms with Gasteiger partial charge in [0.15, 0.2) is 6.61 Å². The molecule has 1 aliphatic heterocycles. The van der Waals surface area contributed by atoms with E-state index in [0.29, 0.717) is 5.69 Å². The highest BCUT2D eigenvalue weighted by atomic mass is 35.5. The van der Waals surface area contributed by atoms with Gasteiger partial charge in [0.25, 0.3) is 5.91 Å². The molecular weight excluding hydrogens is 419 g/mol. The van der Waals surface area contributed by atoms with Crippen molar-refractivity contribution in [2.75, 3.05) is 11.9 Å². The minimum Gasteiger partial charge on any atom is -0.454 e. The van der Waals surface area contributed by atoms with E-state index in [-0.39, 0.29) is 45.5 Å². The van der Waals surface area contributed by atoms with Gasteiger partial charge >= 0.3 is 5.97 Å². The molecule has 0 aromatic heterocycles. The number of benzene rings is 1. The van der Waals surface area contributed by atoms with Gasteiger partial charge < -0.3 is 10.1 Å². The van der Waals surface area contributed by atoms with Crippen LogP contribution in [0.2, 0.25) is 10.0 Å². The van der Waals surface area contributed by atoms with E-state index in [4.69, 9.17) is 27.9 Å². The van der Waals surface area contributed by atoms with E-state index < -0.39 is 24.5 Å². The van der Waals surface area contributed by atoms with Crippen molar-refractivity contribution in [3.8, 4) is 0 Å². The normalized spacial score (nSPS) is 28.4. The molecule has 1 saturated heterocycles. The zero-order valence-corrected chi connectivity index (χ0v) is 17.2. The van der Waals surface area contributed by atoms with Gasteiger partial charge in [-0.1, -0.05) is 29.3 Å². The molecule has 4 rings (SSSR count). The molecule has 1 N–H and O–H groups in total. The predicted octanol–water partition coefficient (Wildman–Crippen LogP) is 2.89. The number of fused-ring (bicyclic) bond motifs is 5. The standard InChI is InChI=1S/C20H20Cl2N2O5/c1-9(24-18(26)15-10-5-6-11(7-10)16(15)19(24)27)20(28)29-8-14(25)23-13-4-2-3-12(21)17(13)22/h2-4,9-11,15-16H,5-8H2,1H3,(H,23,25)/t9-,10+,11+,15+,16+/m1/s1. The van der Waals surface area contributed by atoms with E-state index in [9.17, 15) is 19.2 Å². The summed E-state index contributed by atoms with van der Waals surface area (Å²) in [6.07, 6.45) is 2.85. The lowest BCUT2D eigenvalue weighted by molar-refractivity contribution is -0.159. The zero-order chi connectivity index (χ0) is 20.9. The molecule has 154 valence electrons. The Kier molecular flexibility index (Phi) is 5.29. The summed E-state index contributed by atoms with van der Waals surface area (Å²) in [5.41, 5.74) is 0.293. The average molecular weight is 439 g/mol. The Morgan fingerprint density at radius 2 is 1.79 bits per heavy atom. The predicted molar refractivity (Wildman–Crippen MR) is 105 cm³/mol. The van der Waals surface area contributed by atoms with Gasteiger partial charge in [0.1, 0.15) is 6.04 Å². The molecule has 9 heteroatoms. The number of ether oxygens (including phenoxy) is 1. The lowest BCUT2D eigenvalue weighted by Crippen LogP contribution is -2.45. The van der Waals surface area contributed by atoms with Crippen molar-refractivity contribution in [3.05, 3.63) is 28.2 Å². The smallest absolute Gasteiger partial charge is 0.329 e. The Balaban J connectivity index is 1.35. The van der Waals surface area contributed by atoms with Gasteiger partial charge in [-0.15, -0.1) is 0 Å². The quantitative estimate of drug-likeness (QED) is 0.563. The van der Waals surface area contributed by atoms with Gasteiger partial charge in [0.05, 0.1) is 27.6 Å². The second-order valence-corrected chi connectivity index (χ2v) is 8.65. The van der Waals surface area contributed by atoms with Crippen LogP contribution in [0.5, 0.6) is 0 Å². The lowest BCUT2D eigenvalue weighted by Gasteiger charge is -2.23. The largest absolute Gasteiger partial charge is 0.454 e. The summed E-state index contributed by atoms with van der Waals surface area (Å²) in [5, 5.41) is 2.96. The van der Waals surface area contributed by atoms with Crippen LogP contribution in [0.3, 0.4) is 0 Å². The summed E-state index contributed by atoms with van der Waals surface area (Å²) in [6.45, 7) is 0.882. The SMILES string of the molecule is C[C@H](C(=O)OCC(=O)Nc1cccc(Cl)c1Cl)N1C(=O)[C@H]2[C@H]3CC[C@@H](C3)[C@@H]2C1=O. The topological polar surface area (TPSA) is 92.8 Å². The Labute approximate surface area is 177 Å². The van der Waals surface area contributed by atoms with Gasteiger partial charge in [-0.3, -0.25) is 19.3 Å². The number of amides is 3. The first-order chi connectivity index (χ1) is 13.8. The number of carbonyl (C=O) groups excluding carboxylic acids is 4. The molecule has 2 aliphatic carbocycles. The van der Waals surface area contributed by atoms with E-state index in [0.717, 1.165) is 24.2 Å². The van der Waals surface area contributed by atoms with E-state index in [1.54, 1.807) is 18.2 Å². The van der Waals surface area contributed by atoms with Crippen LogP contribution >= 0.6 is 23.2 Å². The highest BCUT2D eigenvalue weighted by Gasteiger charge is 2.62. The van der Waals surface area contributed by atoms with E-state index in [1.165, 1.54) is 6.92 Å². The molecule has 0 radical (unpaired) electrons. The minimum atomic E-state index is -1.07. The molecule has 3 aliphatic rings. The summed E-state index contributed by atoms with van der Waals surface area (Å²) >= 11 is 11.9. The van der Waals surface area contributed by atoms with Crippen molar-refractivity contribution in [3.63, 3.8) is 0 Å². The minimum absolute atomic E-state index is 0.177. The maximum Gasteiger partial charge on any atom is 0.329 e. The number of nitrogens with one attached hydrogen (secondary N) is 1. The molecule has 1 heterocycles. The van der Waals surface area contributed by atoms with Gasteiger partial charge in [0.2, 0.25) is 11.8 Å². The third-order valence-corrected chi connectivity index (χ3v) is 7.08.